The van der Waals surface area contributed by atoms with E-state index in [1.807, 2.05) is 0 Å². The summed E-state index contributed by atoms with van der Waals surface area (Å²) in [5.41, 5.74) is 2.11. The van der Waals surface area contributed by atoms with Crippen LogP contribution < -0.4 is 5.14 Å². The van der Waals surface area contributed by atoms with Gasteiger partial charge in [0, 0.05) is 31.7 Å². The molecule has 3 rings (SSSR count). The number of hydrogen-bond donors (Lipinski definition) is 2. The molecule has 0 spiro atoms. The monoisotopic (exact) mass is 371 g/mol. The normalized spacial score (nSPS) is 17.4. The molecule has 2 aliphatic rings. The lowest BCUT2D eigenvalue weighted by Crippen LogP contribution is -2.35. The van der Waals surface area contributed by atoms with Crippen LogP contribution in [0.15, 0.2) is 34.2 Å². The summed E-state index contributed by atoms with van der Waals surface area (Å²) >= 11 is 5.90. The third-order valence-corrected chi connectivity index (χ3v) is 5.46. The number of nitrogens with zero attached hydrogens (tertiary/aromatic N) is 2. The fourth-order valence-corrected chi connectivity index (χ4v) is 4.00. The van der Waals surface area contributed by atoms with Gasteiger partial charge in [0.25, 0.3) is 5.91 Å². The Kier molecular flexibility index (Phi) is 4.02. The Labute approximate surface area is 143 Å². The third kappa shape index (κ3) is 2.97. The number of sulfonamides is 1. The molecule has 2 heterocycles. The summed E-state index contributed by atoms with van der Waals surface area (Å²) in [7, 11) is -3.95. The zero-order chi connectivity index (χ0) is 17.6. The molecule has 0 aromatic heterocycles. The highest BCUT2D eigenvalue weighted by molar-refractivity contribution is 7.89. The van der Waals surface area contributed by atoms with Gasteiger partial charge >= 0.3 is 6.09 Å². The molecule has 0 aliphatic carbocycles. The van der Waals surface area contributed by atoms with Crippen LogP contribution in [0, 0.1) is 0 Å². The van der Waals surface area contributed by atoms with Crippen LogP contribution in [0.3, 0.4) is 0 Å². The predicted octanol–water partition coefficient (Wildman–Crippen LogP) is 0.733. The van der Waals surface area contributed by atoms with Crippen LogP contribution in [0.25, 0.3) is 0 Å². The molecular formula is C14H14ClN3O5S. The van der Waals surface area contributed by atoms with Crippen LogP contribution in [0.5, 0.6) is 0 Å². The van der Waals surface area contributed by atoms with Gasteiger partial charge in [-0.25, -0.2) is 18.4 Å². The molecule has 0 atom stereocenters. The van der Waals surface area contributed by atoms with Crippen LogP contribution in [0.2, 0.25) is 5.02 Å². The second-order valence-corrected chi connectivity index (χ2v) is 7.63. The Bertz CT molecular complexity index is 862. The first-order valence-electron chi connectivity index (χ1n) is 6.96. The van der Waals surface area contributed by atoms with E-state index < -0.39 is 16.1 Å². The van der Waals surface area contributed by atoms with Gasteiger partial charge in [-0.2, -0.15) is 0 Å². The molecule has 0 unspecified atom stereocenters. The van der Waals surface area contributed by atoms with Crippen molar-refractivity contribution in [1.82, 2.24) is 9.80 Å². The van der Waals surface area contributed by atoms with E-state index >= 15 is 0 Å². The summed E-state index contributed by atoms with van der Waals surface area (Å²) in [6, 6.07) is 3.84. The number of benzene rings is 1. The molecule has 128 valence electrons. The third-order valence-electron chi connectivity index (χ3n) is 4.07. The van der Waals surface area contributed by atoms with Crippen LogP contribution in [-0.4, -0.2) is 61.5 Å². The molecule has 3 N–H and O–H groups in total. The maximum atomic E-state index is 12.5. The number of halogens is 1. The lowest BCUT2D eigenvalue weighted by molar-refractivity contribution is 0.0790. The van der Waals surface area contributed by atoms with Crippen molar-refractivity contribution in [2.75, 3.05) is 26.2 Å². The Morgan fingerprint density at radius 3 is 2.08 bits per heavy atom. The van der Waals surface area contributed by atoms with Crippen molar-refractivity contribution >= 4 is 33.6 Å². The number of primary sulfonamides is 1. The number of rotatable bonds is 2. The Balaban J connectivity index is 1.74. The predicted molar refractivity (Wildman–Crippen MR) is 85.4 cm³/mol. The van der Waals surface area contributed by atoms with Crippen LogP contribution >= 0.6 is 11.6 Å². The quantitative estimate of drug-likeness (QED) is 0.742. The first-order chi connectivity index (χ1) is 11.2. The van der Waals surface area contributed by atoms with Gasteiger partial charge in [-0.15, -0.1) is 0 Å². The Hall–Kier alpha value is -2.10. The van der Waals surface area contributed by atoms with E-state index in [1.165, 1.54) is 23.1 Å². The molecule has 0 bridgehead atoms. The summed E-state index contributed by atoms with van der Waals surface area (Å²) in [5, 5.41) is 13.9. The highest BCUT2D eigenvalue weighted by Gasteiger charge is 2.34. The number of amides is 2. The first kappa shape index (κ1) is 16.7. The molecule has 0 radical (unpaired) electrons. The molecule has 2 amide bonds. The summed E-state index contributed by atoms with van der Waals surface area (Å²) in [5.74, 6) is -0.297. The van der Waals surface area contributed by atoms with Gasteiger partial charge in [-0.3, -0.25) is 4.79 Å². The van der Waals surface area contributed by atoms with Gasteiger partial charge < -0.3 is 14.9 Å². The molecule has 0 fully saturated rings. The lowest BCUT2D eigenvalue weighted by atomic mass is 10.2. The number of carboxylic acid groups (broad SMARTS) is 1. The van der Waals surface area contributed by atoms with Crippen molar-refractivity contribution in [3.63, 3.8) is 0 Å². The molecule has 8 nitrogen and oxygen atoms in total. The highest BCUT2D eigenvalue weighted by atomic mass is 35.5. The van der Waals surface area contributed by atoms with Crippen molar-refractivity contribution in [3.8, 4) is 0 Å². The van der Waals surface area contributed by atoms with Gasteiger partial charge in [0.15, 0.2) is 0 Å². The van der Waals surface area contributed by atoms with Crippen LogP contribution in [0.4, 0.5) is 4.79 Å². The molecule has 10 heteroatoms. The maximum Gasteiger partial charge on any atom is 0.407 e. The van der Waals surface area contributed by atoms with Gasteiger partial charge in [-0.05, 0) is 29.3 Å². The summed E-state index contributed by atoms with van der Waals surface area (Å²) in [4.78, 5) is 26.1. The number of carbonyl (C=O) groups excluding carboxylic acids is 1. The number of hydrogen-bond acceptors (Lipinski definition) is 4. The molecule has 24 heavy (non-hydrogen) atoms. The van der Waals surface area contributed by atoms with E-state index in [1.54, 1.807) is 4.90 Å². The average Bonchev–Trinajstić information content (AvgIpc) is 3.03. The van der Waals surface area contributed by atoms with Crippen molar-refractivity contribution in [2.24, 2.45) is 5.14 Å². The number of carbonyl (C=O) groups is 2. The van der Waals surface area contributed by atoms with Crippen molar-refractivity contribution in [2.45, 2.75) is 4.90 Å². The molecule has 2 aliphatic heterocycles. The van der Waals surface area contributed by atoms with Gasteiger partial charge in [-0.1, -0.05) is 11.6 Å². The fraction of sp³-hybridized carbons (Fsp3) is 0.286. The fourth-order valence-electron chi connectivity index (χ4n) is 2.91. The van der Waals surface area contributed by atoms with Gasteiger partial charge in [0.1, 0.15) is 4.90 Å². The van der Waals surface area contributed by atoms with Gasteiger partial charge in [0.05, 0.1) is 5.02 Å². The Morgan fingerprint density at radius 2 is 1.62 bits per heavy atom. The van der Waals surface area contributed by atoms with Crippen molar-refractivity contribution in [3.05, 3.63) is 39.9 Å². The minimum absolute atomic E-state index is 0.111. The van der Waals surface area contributed by atoms with E-state index in [-0.39, 0.29) is 21.4 Å². The lowest BCUT2D eigenvalue weighted by Gasteiger charge is -2.21. The first-order valence-corrected chi connectivity index (χ1v) is 8.88. The van der Waals surface area contributed by atoms with Gasteiger partial charge in [0.2, 0.25) is 10.0 Å². The number of nitrogens with two attached hydrogens (primary N) is 1. The zero-order valence-corrected chi connectivity index (χ0v) is 14.0. The second-order valence-electron chi connectivity index (χ2n) is 5.70. The van der Waals surface area contributed by atoms with E-state index in [2.05, 4.69) is 0 Å². The minimum Gasteiger partial charge on any atom is -0.465 e. The smallest absolute Gasteiger partial charge is 0.407 e. The minimum atomic E-state index is -3.95. The second kappa shape index (κ2) is 5.76. The average molecular weight is 372 g/mol. The van der Waals surface area contributed by atoms with Crippen LogP contribution in [-0.2, 0) is 10.0 Å². The summed E-state index contributed by atoms with van der Waals surface area (Å²) in [6.07, 6.45) is -0.979. The topological polar surface area (TPSA) is 121 Å². The van der Waals surface area contributed by atoms with Crippen molar-refractivity contribution in [1.29, 1.82) is 0 Å². The molecule has 1 aromatic rings. The van der Waals surface area contributed by atoms with E-state index in [9.17, 15) is 18.0 Å². The maximum absolute atomic E-state index is 12.5. The SMILES string of the molecule is NS(=O)(=O)c1ccc(C(=O)N2CC3=C(CN(C(=O)O)C3)C2)cc1Cl. The molecular weight excluding hydrogens is 358 g/mol. The highest BCUT2D eigenvalue weighted by Crippen LogP contribution is 2.28. The molecule has 1 aromatic carbocycles. The zero-order valence-electron chi connectivity index (χ0n) is 12.4. The van der Waals surface area contributed by atoms with E-state index in [0.717, 1.165) is 11.1 Å². The van der Waals surface area contributed by atoms with Crippen LogP contribution in [0.1, 0.15) is 10.4 Å². The molecule has 0 saturated heterocycles. The largest absolute Gasteiger partial charge is 0.465 e. The molecule has 0 saturated carbocycles. The van der Waals surface area contributed by atoms with E-state index in [0.29, 0.717) is 26.2 Å². The van der Waals surface area contributed by atoms with E-state index in [4.69, 9.17) is 21.8 Å². The van der Waals surface area contributed by atoms with Crippen molar-refractivity contribution < 1.29 is 23.1 Å². The standard InChI is InChI=1S/C14H14ClN3O5S/c15-11-3-8(1-2-12(11)24(16,22)23)13(19)17-4-9-6-18(14(20)21)7-10(9)5-17/h1-3H,4-7H2,(H,20,21)(H2,16,22,23). The Morgan fingerprint density at radius 1 is 1.08 bits per heavy atom. The summed E-state index contributed by atoms with van der Waals surface area (Å²) < 4.78 is 22.7. The summed E-state index contributed by atoms with van der Waals surface area (Å²) in [6.45, 7) is 1.32.